The Morgan fingerprint density at radius 2 is 1.33 bits per heavy atom. The molecule has 0 atom stereocenters. The summed E-state index contributed by atoms with van der Waals surface area (Å²) in [5.74, 6) is -1.33. The van der Waals surface area contributed by atoms with E-state index in [-0.39, 0.29) is 30.3 Å². The number of hydrogen-bond acceptors (Lipinski definition) is 8. The quantitative estimate of drug-likeness (QED) is 0.0699. The number of rotatable bonds is 14. The summed E-state index contributed by atoms with van der Waals surface area (Å²) in [7, 11) is 0. The normalized spacial score (nSPS) is 11.7. The number of carbonyl (C=O) groups is 2. The van der Waals surface area contributed by atoms with Gasteiger partial charge in [0.2, 0.25) is 0 Å². The molecule has 0 aromatic heterocycles. The van der Waals surface area contributed by atoms with E-state index in [0.717, 1.165) is 24.3 Å². The average molecular weight is 609 g/mol. The fraction of sp³-hybridized carbons (Fsp3) is 0.267. The highest BCUT2D eigenvalue weighted by atomic mass is 19.4. The number of hydrogen-bond donors (Lipinski definition) is 2. The summed E-state index contributed by atoms with van der Waals surface area (Å²) in [5.41, 5.74) is 12.2. The smallest absolute Gasteiger partial charge is 0.426 e. The van der Waals surface area contributed by atoms with Crippen molar-refractivity contribution >= 4 is 29.4 Å². The number of anilines is 2. The standard InChI is InChI=1S/C30H29F5N2O6/c31-29(32,33)13-16-40-25-10-6-22(7-11-25)30(34,35)43-26-8-3-20(4-9-26)5-12-27(38)41-14-1-2-15-42-28(39)21-17-23(36)19-24(37)18-21/h3-12,17-19H,1-2,13-16,36-37H2/b12-5+. The van der Waals surface area contributed by atoms with Gasteiger partial charge in [-0.15, -0.1) is 0 Å². The van der Waals surface area contributed by atoms with E-state index in [2.05, 4.69) is 0 Å². The van der Waals surface area contributed by atoms with Crippen LogP contribution in [0.25, 0.3) is 6.08 Å². The van der Waals surface area contributed by atoms with Crippen LogP contribution < -0.4 is 20.9 Å². The van der Waals surface area contributed by atoms with Crippen molar-refractivity contribution < 1.29 is 50.5 Å². The Balaban J connectivity index is 1.37. The van der Waals surface area contributed by atoms with E-state index in [1.54, 1.807) is 0 Å². The van der Waals surface area contributed by atoms with Crippen molar-refractivity contribution in [2.24, 2.45) is 0 Å². The molecule has 43 heavy (non-hydrogen) atoms. The predicted molar refractivity (Wildman–Crippen MR) is 148 cm³/mol. The number of ether oxygens (including phenoxy) is 4. The van der Waals surface area contributed by atoms with E-state index in [1.807, 2.05) is 0 Å². The lowest BCUT2D eigenvalue weighted by Crippen LogP contribution is -2.21. The zero-order valence-corrected chi connectivity index (χ0v) is 22.7. The summed E-state index contributed by atoms with van der Waals surface area (Å²) in [6.45, 7) is -0.427. The van der Waals surface area contributed by atoms with Gasteiger partial charge in [-0.25, -0.2) is 9.59 Å². The van der Waals surface area contributed by atoms with E-state index in [1.165, 1.54) is 54.6 Å². The van der Waals surface area contributed by atoms with Gasteiger partial charge in [0.05, 0.1) is 37.4 Å². The van der Waals surface area contributed by atoms with Gasteiger partial charge in [0, 0.05) is 17.5 Å². The number of esters is 2. The molecule has 230 valence electrons. The van der Waals surface area contributed by atoms with Crippen LogP contribution in [0.15, 0.2) is 72.8 Å². The molecule has 0 aliphatic carbocycles. The van der Waals surface area contributed by atoms with Gasteiger partial charge in [0.1, 0.15) is 11.5 Å². The highest BCUT2D eigenvalue weighted by molar-refractivity contribution is 5.91. The molecule has 0 saturated heterocycles. The Hall–Kier alpha value is -4.81. The van der Waals surface area contributed by atoms with Gasteiger partial charge in [-0.05, 0) is 79.1 Å². The number of carbonyl (C=O) groups excluding carboxylic acids is 2. The van der Waals surface area contributed by atoms with Crippen LogP contribution in [0.3, 0.4) is 0 Å². The molecule has 3 aromatic rings. The van der Waals surface area contributed by atoms with Crippen LogP contribution in [0.5, 0.6) is 11.5 Å². The van der Waals surface area contributed by atoms with Crippen LogP contribution in [0.4, 0.5) is 33.3 Å². The molecule has 0 amide bonds. The summed E-state index contributed by atoms with van der Waals surface area (Å²) in [5, 5.41) is 0. The largest absolute Gasteiger partial charge is 0.493 e. The lowest BCUT2D eigenvalue weighted by molar-refractivity contribution is -0.185. The zero-order valence-electron chi connectivity index (χ0n) is 22.7. The van der Waals surface area contributed by atoms with Crippen molar-refractivity contribution in [3.8, 4) is 11.5 Å². The maximum atomic E-state index is 14.6. The van der Waals surface area contributed by atoms with Crippen LogP contribution in [0.1, 0.15) is 40.7 Å². The minimum Gasteiger partial charge on any atom is -0.493 e. The second kappa shape index (κ2) is 14.9. The molecule has 0 spiro atoms. The average Bonchev–Trinajstić information content (AvgIpc) is 2.93. The minimum atomic E-state index is -4.38. The summed E-state index contributed by atoms with van der Waals surface area (Å²) < 4.78 is 85.7. The number of benzene rings is 3. The van der Waals surface area contributed by atoms with Crippen molar-refractivity contribution in [1.82, 2.24) is 0 Å². The van der Waals surface area contributed by atoms with Crippen LogP contribution in [0, 0.1) is 0 Å². The number of nitrogen functional groups attached to an aromatic ring is 2. The summed E-state index contributed by atoms with van der Waals surface area (Å²) in [6, 6.07) is 14.2. The molecular weight excluding hydrogens is 579 g/mol. The van der Waals surface area contributed by atoms with E-state index >= 15 is 0 Å². The first-order valence-corrected chi connectivity index (χ1v) is 13.0. The molecule has 8 nitrogen and oxygen atoms in total. The molecule has 0 aliphatic rings. The lowest BCUT2D eigenvalue weighted by atomic mass is 10.2. The molecule has 0 radical (unpaired) electrons. The van der Waals surface area contributed by atoms with Gasteiger partial charge in [0.25, 0.3) is 0 Å². The van der Waals surface area contributed by atoms with E-state index in [9.17, 15) is 31.5 Å². The number of unbranched alkanes of at least 4 members (excludes halogenated alkanes) is 1. The van der Waals surface area contributed by atoms with Gasteiger partial charge in [-0.1, -0.05) is 12.1 Å². The molecule has 3 rings (SSSR count). The number of halogens is 5. The van der Waals surface area contributed by atoms with Gasteiger partial charge in [-0.3, -0.25) is 0 Å². The lowest BCUT2D eigenvalue weighted by Gasteiger charge is -2.18. The second-order valence-corrected chi connectivity index (χ2v) is 9.16. The third kappa shape index (κ3) is 11.5. The molecular formula is C30H29F5N2O6. The molecule has 0 bridgehead atoms. The summed E-state index contributed by atoms with van der Waals surface area (Å²) in [4.78, 5) is 24.0. The van der Waals surface area contributed by atoms with Crippen molar-refractivity contribution in [1.29, 1.82) is 0 Å². The molecule has 0 heterocycles. The first-order chi connectivity index (χ1) is 20.3. The van der Waals surface area contributed by atoms with Crippen molar-refractivity contribution in [2.45, 2.75) is 31.5 Å². The Labute approximate surface area is 244 Å². The van der Waals surface area contributed by atoms with Crippen LogP contribution in [-0.4, -0.2) is 37.9 Å². The van der Waals surface area contributed by atoms with Crippen LogP contribution in [0.2, 0.25) is 0 Å². The second-order valence-electron chi connectivity index (χ2n) is 9.16. The molecule has 13 heteroatoms. The van der Waals surface area contributed by atoms with Crippen molar-refractivity contribution in [2.75, 3.05) is 31.3 Å². The molecule has 3 aromatic carbocycles. The third-order valence-electron chi connectivity index (χ3n) is 5.61. The Bertz CT molecular complexity index is 1370. The Morgan fingerprint density at radius 3 is 1.93 bits per heavy atom. The first kappa shape index (κ1) is 32.7. The van der Waals surface area contributed by atoms with Crippen molar-refractivity contribution in [3.63, 3.8) is 0 Å². The van der Waals surface area contributed by atoms with Crippen LogP contribution >= 0.6 is 0 Å². The predicted octanol–water partition coefficient (Wildman–Crippen LogP) is 6.50. The maximum absolute atomic E-state index is 14.6. The summed E-state index contributed by atoms with van der Waals surface area (Å²) in [6.07, 6.45) is -5.77. The first-order valence-electron chi connectivity index (χ1n) is 13.0. The van der Waals surface area contributed by atoms with E-state index < -0.39 is 42.8 Å². The monoisotopic (exact) mass is 608 g/mol. The molecule has 0 aliphatic heterocycles. The highest BCUT2D eigenvalue weighted by Crippen LogP contribution is 2.33. The molecule has 0 saturated carbocycles. The maximum Gasteiger partial charge on any atom is 0.426 e. The number of nitrogens with two attached hydrogens (primary N) is 2. The zero-order chi connectivity index (χ0) is 31.5. The third-order valence-corrected chi connectivity index (χ3v) is 5.61. The molecule has 0 fully saturated rings. The van der Waals surface area contributed by atoms with Gasteiger partial charge in [-0.2, -0.15) is 22.0 Å². The van der Waals surface area contributed by atoms with Crippen molar-refractivity contribution in [3.05, 3.63) is 89.5 Å². The Kier molecular flexibility index (Phi) is 11.3. The fourth-order valence-corrected chi connectivity index (χ4v) is 3.52. The fourth-order valence-electron chi connectivity index (χ4n) is 3.52. The van der Waals surface area contributed by atoms with E-state index in [0.29, 0.717) is 29.8 Å². The van der Waals surface area contributed by atoms with Gasteiger partial charge >= 0.3 is 24.2 Å². The van der Waals surface area contributed by atoms with Crippen LogP contribution in [-0.2, 0) is 20.4 Å². The molecule has 4 N–H and O–H groups in total. The minimum absolute atomic E-state index is 0.0143. The summed E-state index contributed by atoms with van der Waals surface area (Å²) >= 11 is 0. The van der Waals surface area contributed by atoms with E-state index in [4.69, 9.17) is 30.4 Å². The number of alkyl halides is 5. The van der Waals surface area contributed by atoms with Gasteiger partial charge in [0.15, 0.2) is 0 Å². The topological polar surface area (TPSA) is 123 Å². The Morgan fingerprint density at radius 1 is 0.744 bits per heavy atom. The highest BCUT2D eigenvalue weighted by Gasteiger charge is 2.34. The van der Waals surface area contributed by atoms with Gasteiger partial charge < -0.3 is 30.4 Å². The molecule has 0 unspecified atom stereocenters. The SMILES string of the molecule is Nc1cc(N)cc(C(=O)OCCCCOC(=O)/C=C/c2ccc(OC(F)(F)c3ccc(OCCC(F)(F)F)cc3)cc2)c1.